The van der Waals surface area contributed by atoms with Crippen LogP contribution in [0, 0.1) is 0 Å². The molecule has 1 aromatic rings. The van der Waals surface area contributed by atoms with Gasteiger partial charge in [-0.2, -0.15) is 0 Å². The van der Waals surface area contributed by atoms with Gasteiger partial charge in [-0.15, -0.1) is 0 Å². The number of benzene rings is 1. The van der Waals surface area contributed by atoms with Gasteiger partial charge in [0, 0.05) is 5.56 Å². The van der Waals surface area contributed by atoms with Gasteiger partial charge in [-0.1, -0.05) is 0 Å². The fraction of sp³-hybridized carbons (Fsp3) is 0.417. The van der Waals surface area contributed by atoms with Crippen LogP contribution in [0.25, 0.3) is 0 Å². The molecule has 0 saturated carbocycles. The topological polar surface area (TPSA) is 46.5 Å². The van der Waals surface area contributed by atoms with Crippen molar-refractivity contribution in [1.82, 2.24) is 0 Å². The molecule has 15 heavy (non-hydrogen) atoms. The van der Waals surface area contributed by atoms with Gasteiger partial charge in [0.2, 0.25) is 0 Å². The monoisotopic (exact) mass is 206 g/mol. The summed E-state index contributed by atoms with van der Waals surface area (Å²) in [4.78, 5) is 11.8. The predicted octanol–water partition coefficient (Wildman–Crippen LogP) is 1.58. The molecule has 0 bridgehead atoms. The maximum Gasteiger partial charge on any atom is 0.194 e. The van der Waals surface area contributed by atoms with Crippen LogP contribution in [0.4, 0.5) is 0 Å². The molecule has 3 nitrogen and oxygen atoms in total. The lowest BCUT2D eigenvalue weighted by Crippen LogP contribution is -2.39. The van der Waals surface area contributed by atoms with Crippen LogP contribution >= 0.6 is 0 Å². The summed E-state index contributed by atoms with van der Waals surface area (Å²) in [6.45, 7) is 1.57. The molecule has 1 aliphatic rings. The van der Waals surface area contributed by atoms with Gasteiger partial charge in [-0.25, -0.2) is 0 Å². The number of rotatable bonds is 1. The minimum absolute atomic E-state index is 0.189. The van der Waals surface area contributed by atoms with E-state index in [0.29, 0.717) is 18.4 Å². The van der Waals surface area contributed by atoms with E-state index in [1.165, 1.54) is 0 Å². The van der Waals surface area contributed by atoms with Gasteiger partial charge in [-0.3, -0.25) is 4.79 Å². The first-order chi connectivity index (χ1) is 7.04. The number of ketones is 1. The largest absolute Gasteiger partial charge is 0.497 e. The van der Waals surface area contributed by atoms with Crippen LogP contribution in [0.15, 0.2) is 18.2 Å². The lowest BCUT2D eigenvalue weighted by molar-refractivity contribution is 0.0340. The summed E-state index contributed by atoms with van der Waals surface area (Å²) in [5.74, 6) is 0.564. The van der Waals surface area contributed by atoms with E-state index in [1.807, 2.05) is 6.07 Å². The van der Waals surface area contributed by atoms with Gasteiger partial charge in [0.05, 0.1) is 7.11 Å². The third kappa shape index (κ3) is 1.63. The molecule has 0 amide bonds. The second-order valence-corrected chi connectivity index (χ2v) is 4.13. The number of carbonyl (C=O) groups excluding carboxylic acids is 1. The molecule has 0 radical (unpaired) electrons. The number of hydrogen-bond acceptors (Lipinski definition) is 3. The molecule has 0 spiro atoms. The smallest absolute Gasteiger partial charge is 0.194 e. The number of hydrogen-bond donors (Lipinski definition) is 1. The van der Waals surface area contributed by atoms with Crippen molar-refractivity contribution in [2.75, 3.05) is 7.11 Å². The molecule has 3 heteroatoms. The maximum absolute atomic E-state index is 11.8. The summed E-state index contributed by atoms with van der Waals surface area (Å²) in [5.41, 5.74) is 0.375. The standard InChI is InChI=1S/C12H14O3/c1-12(14)6-5-8-7-9(15-2)3-4-10(8)11(12)13/h3-4,7,14H,5-6H2,1-2H3. The number of carbonyl (C=O) groups is 1. The molecule has 0 fully saturated rings. The van der Waals surface area contributed by atoms with Crippen molar-refractivity contribution in [3.63, 3.8) is 0 Å². The fourth-order valence-electron chi connectivity index (χ4n) is 1.91. The average Bonchev–Trinajstić information content (AvgIpc) is 2.23. The third-order valence-electron chi connectivity index (χ3n) is 2.93. The Hall–Kier alpha value is -1.35. The number of aryl methyl sites for hydroxylation is 1. The second-order valence-electron chi connectivity index (χ2n) is 4.13. The van der Waals surface area contributed by atoms with Crippen LogP contribution in [0.1, 0.15) is 29.3 Å². The zero-order valence-electron chi connectivity index (χ0n) is 8.91. The summed E-state index contributed by atoms with van der Waals surface area (Å²) in [6.07, 6.45) is 1.19. The summed E-state index contributed by atoms with van der Waals surface area (Å²) in [7, 11) is 1.60. The van der Waals surface area contributed by atoms with Crippen LogP contribution < -0.4 is 4.74 Å². The number of aliphatic hydroxyl groups is 1. The molecule has 1 aliphatic carbocycles. The van der Waals surface area contributed by atoms with Gasteiger partial charge >= 0.3 is 0 Å². The van der Waals surface area contributed by atoms with E-state index in [1.54, 1.807) is 26.2 Å². The van der Waals surface area contributed by atoms with E-state index < -0.39 is 5.60 Å². The summed E-state index contributed by atoms with van der Waals surface area (Å²) in [5, 5.41) is 9.84. The Labute approximate surface area is 88.7 Å². The SMILES string of the molecule is COc1ccc2c(c1)CCC(C)(O)C2=O. The van der Waals surface area contributed by atoms with Gasteiger partial charge in [0.1, 0.15) is 11.4 Å². The Bertz CT molecular complexity index is 407. The summed E-state index contributed by atoms with van der Waals surface area (Å²) in [6, 6.07) is 5.34. The predicted molar refractivity (Wildman–Crippen MR) is 56.3 cm³/mol. The van der Waals surface area contributed by atoms with Crippen molar-refractivity contribution in [2.45, 2.75) is 25.4 Å². The highest BCUT2D eigenvalue weighted by molar-refractivity contribution is 6.04. The van der Waals surface area contributed by atoms with E-state index in [-0.39, 0.29) is 5.78 Å². The van der Waals surface area contributed by atoms with Gasteiger partial charge < -0.3 is 9.84 Å². The van der Waals surface area contributed by atoms with Gasteiger partial charge in [0.25, 0.3) is 0 Å². The Kier molecular flexibility index (Phi) is 2.27. The number of Topliss-reactive ketones (excluding diaryl/α,β-unsaturated/α-hetero) is 1. The Morgan fingerprint density at radius 1 is 1.47 bits per heavy atom. The molecular formula is C12H14O3. The highest BCUT2D eigenvalue weighted by atomic mass is 16.5. The van der Waals surface area contributed by atoms with Crippen molar-refractivity contribution in [2.24, 2.45) is 0 Å². The minimum Gasteiger partial charge on any atom is -0.497 e. The Morgan fingerprint density at radius 3 is 2.87 bits per heavy atom. The molecule has 0 aromatic heterocycles. The first-order valence-electron chi connectivity index (χ1n) is 4.99. The average molecular weight is 206 g/mol. The lowest BCUT2D eigenvalue weighted by Gasteiger charge is -2.28. The van der Waals surface area contributed by atoms with Crippen molar-refractivity contribution in [1.29, 1.82) is 0 Å². The highest BCUT2D eigenvalue weighted by Gasteiger charge is 2.36. The van der Waals surface area contributed by atoms with Gasteiger partial charge in [-0.05, 0) is 43.5 Å². The van der Waals surface area contributed by atoms with E-state index in [9.17, 15) is 9.90 Å². The molecule has 2 rings (SSSR count). The van der Waals surface area contributed by atoms with Crippen molar-refractivity contribution in [3.05, 3.63) is 29.3 Å². The van der Waals surface area contributed by atoms with Crippen LogP contribution in [0.5, 0.6) is 5.75 Å². The van der Waals surface area contributed by atoms with E-state index >= 15 is 0 Å². The molecule has 1 atom stereocenters. The number of fused-ring (bicyclic) bond motifs is 1. The lowest BCUT2D eigenvalue weighted by atomic mass is 9.80. The van der Waals surface area contributed by atoms with E-state index in [0.717, 1.165) is 11.3 Å². The molecule has 0 saturated heterocycles. The normalized spacial score (nSPS) is 24.9. The Balaban J connectivity index is 2.46. The molecule has 80 valence electrons. The third-order valence-corrected chi connectivity index (χ3v) is 2.93. The number of ether oxygens (including phenoxy) is 1. The Morgan fingerprint density at radius 2 is 2.20 bits per heavy atom. The van der Waals surface area contributed by atoms with Crippen molar-refractivity contribution < 1.29 is 14.6 Å². The van der Waals surface area contributed by atoms with E-state index in [2.05, 4.69) is 0 Å². The van der Waals surface area contributed by atoms with Crippen LogP contribution in [-0.2, 0) is 6.42 Å². The summed E-state index contributed by atoms with van der Waals surface area (Å²) >= 11 is 0. The quantitative estimate of drug-likeness (QED) is 0.758. The molecule has 1 unspecified atom stereocenters. The van der Waals surface area contributed by atoms with Crippen LogP contribution in [-0.4, -0.2) is 23.6 Å². The second kappa shape index (κ2) is 3.35. The minimum atomic E-state index is -1.21. The molecule has 1 N–H and O–H groups in total. The van der Waals surface area contributed by atoms with Crippen LogP contribution in [0.2, 0.25) is 0 Å². The van der Waals surface area contributed by atoms with E-state index in [4.69, 9.17) is 4.74 Å². The highest BCUT2D eigenvalue weighted by Crippen LogP contribution is 2.30. The van der Waals surface area contributed by atoms with Gasteiger partial charge in [0.15, 0.2) is 5.78 Å². The zero-order chi connectivity index (χ0) is 11.1. The first-order valence-corrected chi connectivity index (χ1v) is 4.99. The zero-order valence-corrected chi connectivity index (χ0v) is 8.91. The molecular weight excluding hydrogens is 192 g/mol. The molecule has 0 aliphatic heterocycles. The van der Waals surface area contributed by atoms with Crippen LogP contribution in [0.3, 0.4) is 0 Å². The number of methoxy groups -OCH3 is 1. The molecule has 1 aromatic carbocycles. The molecule has 0 heterocycles. The van der Waals surface area contributed by atoms with Crippen molar-refractivity contribution >= 4 is 5.78 Å². The summed E-state index contributed by atoms with van der Waals surface area (Å²) < 4.78 is 5.09. The van der Waals surface area contributed by atoms with Crippen molar-refractivity contribution in [3.8, 4) is 5.75 Å². The first kappa shape index (κ1) is 10.2. The maximum atomic E-state index is 11.8. The fourth-order valence-corrected chi connectivity index (χ4v) is 1.91.